The molecule has 0 amide bonds. The second-order valence-electron chi connectivity index (χ2n) is 5.01. The molecule has 2 heteroatoms. The van der Waals surface area contributed by atoms with Crippen molar-refractivity contribution < 1.29 is 10.2 Å². The standard InChI is InChI=1S/C11H20O2/c12-10(4-1-2-5-10)8-9-11(13)6-3-7-11/h12-13H,1-9H2. The first-order valence-electron chi connectivity index (χ1n) is 5.57. The monoisotopic (exact) mass is 184 g/mol. The Balaban J connectivity index is 1.77. The van der Waals surface area contributed by atoms with Crippen molar-refractivity contribution in [1.29, 1.82) is 0 Å². The van der Waals surface area contributed by atoms with Gasteiger partial charge in [-0.2, -0.15) is 0 Å². The SMILES string of the molecule is OC1(CCC2(O)CCC2)CCCC1. The van der Waals surface area contributed by atoms with Crippen LogP contribution in [-0.4, -0.2) is 21.4 Å². The van der Waals surface area contributed by atoms with Crippen molar-refractivity contribution in [2.45, 2.75) is 69.0 Å². The van der Waals surface area contributed by atoms with Gasteiger partial charge in [-0.3, -0.25) is 0 Å². The van der Waals surface area contributed by atoms with E-state index in [0.29, 0.717) is 0 Å². The first-order chi connectivity index (χ1) is 6.12. The maximum Gasteiger partial charge on any atom is 0.0649 e. The molecule has 2 saturated carbocycles. The average molecular weight is 184 g/mol. The molecule has 0 aromatic rings. The maximum atomic E-state index is 10.1. The van der Waals surface area contributed by atoms with Crippen molar-refractivity contribution in [3.8, 4) is 0 Å². The van der Waals surface area contributed by atoms with Gasteiger partial charge in [-0.1, -0.05) is 12.8 Å². The predicted molar refractivity (Wildman–Crippen MR) is 51.5 cm³/mol. The van der Waals surface area contributed by atoms with E-state index in [4.69, 9.17) is 0 Å². The number of aliphatic hydroxyl groups is 2. The van der Waals surface area contributed by atoms with Gasteiger partial charge in [0, 0.05) is 0 Å². The van der Waals surface area contributed by atoms with E-state index in [1.165, 1.54) is 0 Å². The first kappa shape index (κ1) is 9.47. The Labute approximate surface area is 80.0 Å². The summed E-state index contributed by atoms with van der Waals surface area (Å²) in [5.41, 5.74) is -0.830. The van der Waals surface area contributed by atoms with Crippen molar-refractivity contribution in [3.05, 3.63) is 0 Å². The van der Waals surface area contributed by atoms with Gasteiger partial charge in [0.25, 0.3) is 0 Å². The van der Waals surface area contributed by atoms with Crippen LogP contribution >= 0.6 is 0 Å². The smallest absolute Gasteiger partial charge is 0.0649 e. The summed E-state index contributed by atoms with van der Waals surface area (Å²) in [6.45, 7) is 0. The van der Waals surface area contributed by atoms with Gasteiger partial charge in [-0.25, -0.2) is 0 Å². The molecular formula is C11H20O2. The lowest BCUT2D eigenvalue weighted by Gasteiger charge is -2.38. The van der Waals surface area contributed by atoms with Crippen molar-refractivity contribution in [1.82, 2.24) is 0 Å². The summed E-state index contributed by atoms with van der Waals surface area (Å²) in [6.07, 6.45) is 8.89. The van der Waals surface area contributed by atoms with Gasteiger partial charge in [-0.05, 0) is 44.9 Å². The van der Waals surface area contributed by atoms with Gasteiger partial charge >= 0.3 is 0 Å². The second kappa shape index (κ2) is 3.25. The Morgan fingerprint density at radius 2 is 1.08 bits per heavy atom. The van der Waals surface area contributed by atoms with Crippen LogP contribution in [-0.2, 0) is 0 Å². The summed E-state index contributed by atoms with van der Waals surface area (Å²) in [6, 6.07) is 0. The molecule has 2 rings (SSSR count). The van der Waals surface area contributed by atoms with Crippen LogP contribution in [0.25, 0.3) is 0 Å². The summed E-state index contributed by atoms with van der Waals surface area (Å²) < 4.78 is 0. The average Bonchev–Trinajstić information content (AvgIpc) is 2.46. The third-order valence-electron chi connectivity index (χ3n) is 3.87. The van der Waals surface area contributed by atoms with E-state index in [0.717, 1.165) is 57.8 Å². The molecule has 13 heavy (non-hydrogen) atoms. The van der Waals surface area contributed by atoms with Crippen LogP contribution in [0.2, 0.25) is 0 Å². The van der Waals surface area contributed by atoms with Crippen molar-refractivity contribution >= 4 is 0 Å². The Kier molecular flexibility index (Phi) is 2.37. The van der Waals surface area contributed by atoms with Crippen molar-refractivity contribution in [2.24, 2.45) is 0 Å². The molecule has 0 saturated heterocycles. The lowest BCUT2D eigenvalue weighted by molar-refractivity contribution is -0.0641. The zero-order valence-electron chi connectivity index (χ0n) is 8.26. The molecule has 0 aromatic carbocycles. The minimum absolute atomic E-state index is 0.404. The highest BCUT2D eigenvalue weighted by Crippen LogP contribution is 2.40. The zero-order valence-corrected chi connectivity index (χ0v) is 8.26. The summed E-state index contributed by atoms with van der Waals surface area (Å²) in [5.74, 6) is 0. The van der Waals surface area contributed by atoms with Crippen molar-refractivity contribution in [2.75, 3.05) is 0 Å². The van der Waals surface area contributed by atoms with Crippen LogP contribution in [0.5, 0.6) is 0 Å². The molecule has 2 N–H and O–H groups in total. The molecule has 2 aliphatic rings. The fraction of sp³-hybridized carbons (Fsp3) is 1.00. The molecular weight excluding hydrogens is 164 g/mol. The number of hydrogen-bond donors (Lipinski definition) is 2. The van der Waals surface area contributed by atoms with Gasteiger partial charge in [-0.15, -0.1) is 0 Å². The fourth-order valence-corrected chi connectivity index (χ4v) is 2.58. The summed E-state index contributed by atoms with van der Waals surface area (Å²) in [4.78, 5) is 0. The molecule has 0 bridgehead atoms. The van der Waals surface area contributed by atoms with Gasteiger partial charge in [0.2, 0.25) is 0 Å². The van der Waals surface area contributed by atoms with Crippen LogP contribution in [0.15, 0.2) is 0 Å². The molecule has 0 radical (unpaired) electrons. The molecule has 0 spiro atoms. The normalized spacial score (nSPS) is 30.0. The zero-order chi connectivity index (χ0) is 9.36. The predicted octanol–water partition coefficient (Wildman–Crippen LogP) is 1.99. The minimum Gasteiger partial charge on any atom is -0.390 e. The van der Waals surface area contributed by atoms with E-state index in [1.54, 1.807) is 0 Å². The highest BCUT2D eigenvalue weighted by molar-refractivity contribution is 4.92. The summed E-state index contributed by atoms with van der Waals surface area (Å²) in [7, 11) is 0. The van der Waals surface area contributed by atoms with E-state index in [-0.39, 0.29) is 0 Å². The molecule has 76 valence electrons. The van der Waals surface area contributed by atoms with Crippen LogP contribution in [0.4, 0.5) is 0 Å². The summed E-state index contributed by atoms with van der Waals surface area (Å²) >= 11 is 0. The Bertz CT molecular complexity index is 179. The number of rotatable bonds is 3. The van der Waals surface area contributed by atoms with Crippen LogP contribution in [0.1, 0.15) is 57.8 Å². The molecule has 0 unspecified atom stereocenters. The minimum atomic E-state index is -0.425. The third-order valence-corrected chi connectivity index (χ3v) is 3.87. The maximum absolute atomic E-state index is 10.1. The van der Waals surface area contributed by atoms with Gasteiger partial charge in [0.05, 0.1) is 11.2 Å². The fourth-order valence-electron chi connectivity index (χ4n) is 2.58. The highest BCUT2D eigenvalue weighted by Gasteiger charge is 2.38. The quantitative estimate of drug-likeness (QED) is 0.704. The van der Waals surface area contributed by atoms with E-state index in [9.17, 15) is 10.2 Å². The molecule has 2 nitrogen and oxygen atoms in total. The molecule has 0 atom stereocenters. The Morgan fingerprint density at radius 3 is 1.38 bits per heavy atom. The van der Waals surface area contributed by atoms with Gasteiger partial charge < -0.3 is 10.2 Å². The third kappa shape index (κ3) is 2.05. The first-order valence-corrected chi connectivity index (χ1v) is 5.57. The second-order valence-corrected chi connectivity index (χ2v) is 5.01. The van der Waals surface area contributed by atoms with Crippen LogP contribution in [0.3, 0.4) is 0 Å². The topological polar surface area (TPSA) is 40.5 Å². The van der Waals surface area contributed by atoms with E-state index in [1.807, 2.05) is 0 Å². The van der Waals surface area contributed by atoms with E-state index < -0.39 is 11.2 Å². The molecule has 2 fully saturated rings. The Hall–Kier alpha value is -0.0800. The number of hydrogen-bond acceptors (Lipinski definition) is 2. The lowest BCUT2D eigenvalue weighted by atomic mass is 9.75. The molecule has 0 heterocycles. The van der Waals surface area contributed by atoms with E-state index in [2.05, 4.69) is 0 Å². The lowest BCUT2D eigenvalue weighted by Crippen LogP contribution is -2.39. The van der Waals surface area contributed by atoms with Crippen LogP contribution in [0, 0.1) is 0 Å². The van der Waals surface area contributed by atoms with Crippen molar-refractivity contribution in [3.63, 3.8) is 0 Å². The van der Waals surface area contributed by atoms with E-state index >= 15 is 0 Å². The van der Waals surface area contributed by atoms with Gasteiger partial charge in [0.15, 0.2) is 0 Å². The largest absolute Gasteiger partial charge is 0.390 e. The molecule has 0 aliphatic heterocycles. The van der Waals surface area contributed by atoms with Gasteiger partial charge in [0.1, 0.15) is 0 Å². The Morgan fingerprint density at radius 1 is 0.692 bits per heavy atom. The van der Waals surface area contributed by atoms with Crippen LogP contribution < -0.4 is 0 Å². The highest BCUT2D eigenvalue weighted by atomic mass is 16.3. The summed E-state index contributed by atoms with van der Waals surface area (Å²) in [5, 5.41) is 19.9. The molecule has 0 aromatic heterocycles. The molecule has 2 aliphatic carbocycles.